The van der Waals surface area contributed by atoms with Crippen LogP contribution in [0.15, 0.2) is 30.3 Å². The maximum absolute atomic E-state index is 11.7. The van der Waals surface area contributed by atoms with Crippen LogP contribution in [0.3, 0.4) is 0 Å². The highest BCUT2D eigenvalue weighted by Crippen LogP contribution is 2.21. The van der Waals surface area contributed by atoms with Crippen LogP contribution < -0.4 is 5.32 Å². The molecule has 0 radical (unpaired) electrons. The molecule has 0 bridgehead atoms. The van der Waals surface area contributed by atoms with E-state index < -0.39 is 0 Å². The molecule has 2 unspecified atom stereocenters. The van der Waals surface area contributed by atoms with Crippen molar-refractivity contribution in [2.24, 2.45) is 0 Å². The first-order valence-electron chi connectivity index (χ1n) is 6.11. The van der Waals surface area contributed by atoms with Gasteiger partial charge in [0.05, 0.1) is 7.11 Å². The lowest BCUT2D eigenvalue weighted by molar-refractivity contribution is -0.141. The summed E-state index contributed by atoms with van der Waals surface area (Å²) in [5, 5.41) is 4.51. The molecule has 2 rings (SSSR count). The van der Waals surface area contributed by atoms with Gasteiger partial charge < -0.3 is 4.74 Å². The van der Waals surface area contributed by atoms with Gasteiger partial charge in [-0.25, -0.2) is 4.79 Å². The summed E-state index contributed by atoms with van der Waals surface area (Å²) in [6, 6.07) is 10.5. The SMILES string of the molecule is COC(=O)C1NC(C)CC1=PCc1ccccc1. The van der Waals surface area contributed by atoms with Gasteiger partial charge in [-0.05, 0) is 24.2 Å². The Bertz CT molecular complexity index is 444. The maximum Gasteiger partial charge on any atom is 0.327 e. The first-order valence-corrected chi connectivity index (χ1v) is 7.19. The summed E-state index contributed by atoms with van der Waals surface area (Å²) in [6.45, 7) is 2.10. The van der Waals surface area contributed by atoms with Crippen LogP contribution in [0.2, 0.25) is 0 Å². The van der Waals surface area contributed by atoms with E-state index >= 15 is 0 Å². The monoisotopic (exact) mass is 263 g/mol. The quantitative estimate of drug-likeness (QED) is 0.671. The Hall–Kier alpha value is -1.18. The first kappa shape index (κ1) is 13.3. The number of rotatable bonds is 3. The first-order chi connectivity index (χ1) is 8.70. The Morgan fingerprint density at radius 3 is 2.83 bits per heavy atom. The predicted octanol–water partition coefficient (Wildman–Crippen LogP) is 2.23. The van der Waals surface area contributed by atoms with Crippen LogP contribution in [0.4, 0.5) is 0 Å². The van der Waals surface area contributed by atoms with Crippen molar-refractivity contribution in [3.05, 3.63) is 35.9 Å². The Balaban J connectivity index is 2.08. The number of benzene rings is 1. The van der Waals surface area contributed by atoms with Crippen LogP contribution in [0.1, 0.15) is 18.9 Å². The number of hydrogen-bond acceptors (Lipinski definition) is 3. The van der Waals surface area contributed by atoms with Gasteiger partial charge in [0, 0.05) is 12.2 Å². The zero-order chi connectivity index (χ0) is 13.0. The molecule has 0 aliphatic carbocycles. The minimum absolute atomic E-state index is 0.171. The van der Waals surface area contributed by atoms with Gasteiger partial charge in [-0.3, -0.25) is 5.32 Å². The molecule has 1 fully saturated rings. The molecule has 1 heterocycles. The molecule has 1 aliphatic heterocycles. The molecule has 0 amide bonds. The third-order valence-corrected chi connectivity index (χ3v) is 4.41. The van der Waals surface area contributed by atoms with Crippen LogP contribution in [-0.4, -0.2) is 30.5 Å². The van der Waals surface area contributed by atoms with Gasteiger partial charge in [0.25, 0.3) is 0 Å². The minimum atomic E-state index is -0.227. The molecular weight excluding hydrogens is 245 g/mol. The van der Waals surface area contributed by atoms with E-state index in [-0.39, 0.29) is 12.0 Å². The van der Waals surface area contributed by atoms with E-state index in [0.717, 1.165) is 12.6 Å². The number of ether oxygens (including phenoxy) is 1. The summed E-state index contributed by atoms with van der Waals surface area (Å²) in [5.74, 6) is -0.171. The number of carbonyl (C=O) groups excluding carboxylic acids is 1. The molecule has 2 atom stereocenters. The summed E-state index contributed by atoms with van der Waals surface area (Å²) in [7, 11) is 2.66. The summed E-state index contributed by atoms with van der Waals surface area (Å²) in [6.07, 6.45) is 1.91. The lowest BCUT2D eigenvalue weighted by atomic mass is 10.2. The van der Waals surface area contributed by atoms with E-state index in [0.29, 0.717) is 6.04 Å². The van der Waals surface area contributed by atoms with Crippen LogP contribution in [0, 0.1) is 0 Å². The van der Waals surface area contributed by atoms with Gasteiger partial charge >= 0.3 is 5.97 Å². The fourth-order valence-corrected chi connectivity index (χ4v) is 3.49. The van der Waals surface area contributed by atoms with E-state index in [1.807, 2.05) is 18.2 Å². The largest absolute Gasteiger partial charge is 0.468 e. The van der Waals surface area contributed by atoms with Crippen molar-refractivity contribution in [1.82, 2.24) is 5.32 Å². The van der Waals surface area contributed by atoms with Crippen molar-refractivity contribution in [3.8, 4) is 0 Å². The predicted molar refractivity (Wildman–Crippen MR) is 75.1 cm³/mol. The van der Waals surface area contributed by atoms with Gasteiger partial charge in [0.15, 0.2) is 0 Å². The van der Waals surface area contributed by atoms with Gasteiger partial charge in [0.1, 0.15) is 6.04 Å². The molecule has 96 valence electrons. The Morgan fingerprint density at radius 2 is 2.17 bits per heavy atom. The highest BCUT2D eigenvalue weighted by atomic mass is 31.1. The van der Waals surface area contributed by atoms with E-state index in [9.17, 15) is 4.79 Å². The molecule has 18 heavy (non-hydrogen) atoms. The summed E-state index contributed by atoms with van der Waals surface area (Å²) in [4.78, 5) is 11.7. The second-order valence-corrected chi connectivity index (χ2v) is 5.73. The highest BCUT2D eigenvalue weighted by Gasteiger charge is 2.32. The van der Waals surface area contributed by atoms with Crippen LogP contribution in [-0.2, 0) is 15.7 Å². The Labute approximate surface area is 109 Å². The third kappa shape index (κ3) is 3.18. The van der Waals surface area contributed by atoms with Crippen molar-refractivity contribution in [2.45, 2.75) is 31.6 Å². The topological polar surface area (TPSA) is 38.3 Å². The van der Waals surface area contributed by atoms with E-state index in [1.165, 1.54) is 26.2 Å². The van der Waals surface area contributed by atoms with Crippen molar-refractivity contribution in [3.63, 3.8) is 0 Å². The normalized spacial score (nSPS) is 25.3. The minimum Gasteiger partial charge on any atom is -0.468 e. The summed E-state index contributed by atoms with van der Waals surface area (Å²) in [5.41, 5.74) is 1.30. The van der Waals surface area contributed by atoms with Gasteiger partial charge in [-0.1, -0.05) is 38.5 Å². The number of esters is 1. The fraction of sp³-hybridized carbons (Fsp3) is 0.429. The van der Waals surface area contributed by atoms with E-state index in [1.54, 1.807) is 0 Å². The van der Waals surface area contributed by atoms with Crippen LogP contribution in [0.25, 0.3) is 0 Å². The third-order valence-electron chi connectivity index (χ3n) is 3.04. The van der Waals surface area contributed by atoms with Crippen molar-refractivity contribution < 1.29 is 9.53 Å². The molecule has 1 aliphatic rings. The molecule has 0 aromatic heterocycles. The fourth-order valence-electron chi connectivity index (χ4n) is 2.13. The lowest BCUT2D eigenvalue weighted by Crippen LogP contribution is -2.38. The van der Waals surface area contributed by atoms with Crippen molar-refractivity contribution in [1.29, 1.82) is 0 Å². The second-order valence-electron chi connectivity index (χ2n) is 4.52. The number of nitrogens with one attached hydrogen (secondary N) is 1. The maximum atomic E-state index is 11.7. The molecule has 4 heteroatoms. The summed E-state index contributed by atoms with van der Waals surface area (Å²) >= 11 is 0. The molecule has 1 aromatic rings. The van der Waals surface area contributed by atoms with Gasteiger partial charge in [-0.2, -0.15) is 0 Å². The molecular formula is C14H18NO2P. The standard InChI is InChI=1S/C14H18NO2P/c1-10-8-12(13(15-10)14(16)17-2)18-9-11-6-4-3-5-7-11/h3-7,10,13,15H,8-9H2,1-2H3. The molecule has 1 aromatic carbocycles. The molecule has 3 nitrogen and oxygen atoms in total. The van der Waals surface area contributed by atoms with Crippen molar-refractivity contribution >= 4 is 19.5 Å². The number of carbonyl (C=O) groups is 1. The van der Waals surface area contributed by atoms with E-state index in [4.69, 9.17) is 4.74 Å². The number of hydrogen-bond donors (Lipinski definition) is 1. The average Bonchev–Trinajstić information content (AvgIpc) is 2.78. The van der Waals surface area contributed by atoms with Crippen LogP contribution >= 0.6 is 8.20 Å². The Kier molecular flexibility index (Phi) is 4.51. The zero-order valence-corrected chi connectivity index (χ0v) is 11.6. The molecule has 0 saturated carbocycles. The molecule has 1 N–H and O–H groups in total. The Morgan fingerprint density at radius 1 is 1.44 bits per heavy atom. The molecule has 1 saturated heterocycles. The van der Waals surface area contributed by atoms with Gasteiger partial charge in [-0.15, -0.1) is 0 Å². The zero-order valence-electron chi connectivity index (χ0n) is 10.7. The summed E-state index contributed by atoms with van der Waals surface area (Å²) < 4.78 is 4.84. The van der Waals surface area contributed by atoms with Crippen LogP contribution in [0.5, 0.6) is 0 Å². The van der Waals surface area contributed by atoms with Crippen molar-refractivity contribution in [2.75, 3.05) is 7.11 Å². The average molecular weight is 263 g/mol. The lowest BCUT2D eigenvalue weighted by Gasteiger charge is -2.10. The number of methoxy groups -OCH3 is 1. The van der Waals surface area contributed by atoms with Gasteiger partial charge in [0.2, 0.25) is 0 Å². The smallest absolute Gasteiger partial charge is 0.327 e. The second kappa shape index (κ2) is 6.12. The highest BCUT2D eigenvalue weighted by molar-refractivity contribution is 7.40. The van der Waals surface area contributed by atoms with E-state index in [2.05, 4.69) is 24.4 Å². The molecule has 0 spiro atoms.